The van der Waals surface area contributed by atoms with Crippen molar-refractivity contribution in [3.05, 3.63) is 0 Å². The number of nitrogens with one attached hydrogen (secondary N) is 1. The number of likely N-dealkylation sites (N-methyl/N-ethyl adjacent to an activating group) is 1. The van der Waals surface area contributed by atoms with Crippen LogP contribution in [0.2, 0.25) is 0 Å². The summed E-state index contributed by atoms with van der Waals surface area (Å²) in [5.41, 5.74) is 0. The number of fused-ring (bicyclic) bond motifs is 1. The highest BCUT2D eigenvalue weighted by molar-refractivity contribution is 5.82. The number of amides is 2. The molecule has 2 aliphatic rings. The molecule has 0 radical (unpaired) electrons. The van der Waals surface area contributed by atoms with E-state index >= 15 is 0 Å². The van der Waals surface area contributed by atoms with E-state index in [-0.39, 0.29) is 12.1 Å². The summed E-state index contributed by atoms with van der Waals surface area (Å²) in [6.45, 7) is 4.00. The van der Waals surface area contributed by atoms with Crippen molar-refractivity contribution in [3.8, 4) is 0 Å². The molecule has 0 aliphatic carbocycles. The summed E-state index contributed by atoms with van der Waals surface area (Å²) in [4.78, 5) is 27.0. The molecule has 2 rings (SSSR count). The molecule has 3 atom stereocenters. The smallest absolute Gasteiger partial charge is 0.326 e. The Balaban J connectivity index is 1.86. The molecule has 0 saturated carbocycles. The Morgan fingerprint density at radius 1 is 1.40 bits per heavy atom. The number of nitrogens with zero attached hydrogens (tertiary/aromatic N) is 2. The Hall–Kier alpha value is -1.30. The van der Waals surface area contributed by atoms with E-state index in [4.69, 9.17) is 5.11 Å². The number of aliphatic carboxylic acids is 1. The van der Waals surface area contributed by atoms with E-state index in [0.717, 1.165) is 19.4 Å². The first kappa shape index (κ1) is 15.1. The summed E-state index contributed by atoms with van der Waals surface area (Å²) in [6, 6.07) is -0.242. The van der Waals surface area contributed by atoms with Gasteiger partial charge in [-0.3, -0.25) is 0 Å². The largest absolute Gasteiger partial charge is 0.480 e. The fourth-order valence-corrected chi connectivity index (χ4v) is 3.39. The van der Waals surface area contributed by atoms with Crippen LogP contribution in [0.15, 0.2) is 0 Å². The maximum absolute atomic E-state index is 12.1. The zero-order valence-corrected chi connectivity index (χ0v) is 12.3. The van der Waals surface area contributed by atoms with Gasteiger partial charge in [0.1, 0.15) is 6.04 Å². The molecule has 6 nitrogen and oxygen atoms in total. The fraction of sp³-hybridized carbons (Fsp3) is 0.857. The maximum atomic E-state index is 12.1. The number of rotatable bonds is 4. The molecule has 2 aliphatic heterocycles. The minimum atomic E-state index is -0.948. The molecular weight excluding hydrogens is 258 g/mol. The van der Waals surface area contributed by atoms with Crippen LogP contribution in [-0.2, 0) is 4.79 Å². The predicted octanol–water partition coefficient (Wildman–Crippen LogP) is 1.12. The van der Waals surface area contributed by atoms with Gasteiger partial charge in [0.05, 0.1) is 0 Å². The highest BCUT2D eigenvalue weighted by Gasteiger charge is 2.33. The lowest BCUT2D eigenvalue weighted by Crippen LogP contribution is -2.53. The summed E-state index contributed by atoms with van der Waals surface area (Å²) in [6.07, 6.45) is 4.83. The van der Waals surface area contributed by atoms with Gasteiger partial charge in [-0.1, -0.05) is 6.92 Å². The van der Waals surface area contributed by atoms with Crippen molar-refractivity contribution in [2.45, 2.75) is 57.2 Å². The Bertz CT molecular complexity index is 375. The minimum Gasteiger partial charge on any atom is -0.480 e. The number of carboxylic acids is 1. The third-order valence-corrected chi connectivity index (χ3v) is 4.61. The van der Waals surface area contributed by atoms with Gasteiger partial charge in [-0.15, -0.1) is 0 Å². The van der Waals surface area contributed by atoms with E-state index in [0.29, 0.717) is 12.5 Å². The van der Waals surface area contributed by atoms with Crippen LogP contribution in [0.1, 0.15) is 39.0 Å². The highest BCUT2D eigenvalue weighted by Crippen LogP contribution is 2.26. The highest BCUT2D eigenvalue weighted by atomic mass is 16.4. The van der Waals surface area contributed by atoms with Gasteiger partial charge < -0.3 is 20.2 Å². The van der Waals surface area contributed by atoms with Crippen LogP contribution in [0.5, 0.6) is 0 Å². The predicted molar refractivity (Wildman–Crippen MR) is 75.6 cm³/mol. The first-order valence-electron chi connectivity index (χ1n) is 7.53. The number of urea groups is 1. The number of hydrogen-bond donors (Lipinski definition) is 2. The van der Waals surface area contributed by atoms with E-state index in [1.165, 1.54) is 24.3 Å². The van der Waals surface area contributed by atoms with Gasteiger partial charge >= 0.3 is 12.0 Å². The van der Waals surface area contributed by atoms with E-state index in [1.807, 2.05) is 0 Å². The number of piperidine rings is 1. The third kappa shape index (κ3) is 3.23. The second-order valence-corrected chi connectivity index (χ2v) is 5.88. The first-order chi connectivity index (χ1) is 9.52. The van der Waals surface area contributed by atoms with Crippen LogP contribution in [-0.4, -0.2) is 65.2 Å². The Kier molecular flexibility index (Phi) is 4.86. The minimum absolute atomic E-state index is 0.176. The van der Waals surface area contributed by atoms with Crippen LogP contribution < -0.4 is 5.32 Å². The average Bonchev–Trinajstić information content (AvgIpc) is 2.86. The molecule has 2 fully saturated rings. The zero-order valence-electron chi connectivity index (χ0n) is 12.3. The average molecular weight is 283 g/mol. The van der Waals surface area contributed by atoms with E-state index in [2.05, 4.69) is 10.2 Å². The normalized spacial score (nSPS) is 27.7. The molecule has 0 bridgehead atoms. The van der Waals surface area contributed by atoms with Gasteiger partial charge in [0, 0.05) is 25.7 Å². The van der Waals surface area contributed by atoms with Crippen LogP contribution in [0.4, 0.5) is 4.79 Å². The van der Waals surface area contributed by atoms with Crippen molar-refractivity contribution in [1.82, 2.24) is 15.1 Å². The Labute approximate surface area is 120 Å². The summed E-state index contributed by atoms with van der Waals surface area (Å²) >= 11 is 0. The molecule has 2 saturated heterocycles. The molecular formula is C14H25N3O3. The molecule has 2 amide bonds. The SMILES string of the molecule is CCC(C(=O)O)N(C)C(=O)NC1CCN2CCCC2C1. The van der Waals surface area contributed by atoms with Crippen molar-refractivity contribution < 1.29 is 14.7 Å². The molecule has 0 aromatic heterocycles. The summed E-state index contributed by atoms with van der Waals surface area (Å²) < 4.78 is 0. The van der Waals surface area contributed by atoms with Gasteiger partial charge in [0.25, 0.3) is 0 Å². The van der Waals surface area contributed by atoms with Gasteiger partial charge in [0.15, 0.2) is 0 Å². The molecule has 6 heteroatoms. The fourth-order valence-electron chi connectivity index (χ4n) is 3.39. The molecule has 2 heterocycles. The summed E-state index contributed by atoms with van der Waals surface area (Å²) in [5.74, 6) is -0.948. The van der Waals surface area contributed by atoms with Gasteiger partial charge in [-0.2, -0.15) is 0 Å². The number of carbonyl (C=O) groups excluding carboxylic acids is 1. The molecule has 114 valence electrons. The molecule has 2 N–H and O–H groups in total. The van der Waals surface area contributed by atoms with Crippen molar-refractivity contribution in [1.29, 1.82) is 0 Å². The Morgan fingerprint density at radius 3 is 2.80 bits per heavy atom. The maximum Gasteiger partial charge on any atom is 0.326 e. The number of hydrogen-bond acceptors (Lipinski definition) is 3. The molecule has 0 spiro atoms. The lowest BCUT2D eigenvalue weighted by atomic mass is 9.98. The lowest BCUT2D eigenvalue weighted by Gasteiger charge is -2.36. The number of carboxylic acid groups (broad SMARTS) is 1. The van der Waals surface area contributed by atoms with Crippen molar-refractivity contribution in [2.75, 3.05) is 20.1 Å². The van der Waals surface area contributed by atoms with Crippen LogP contribution >= 0.6 is 0 Å². The molecule has 0 aromatic rings. The van der Waals surface area contributed by atoms with Crippen molar-refractivity contribution in [2.24, 2.45) is 0 Å². The molecule has 0 aromatic carbocycles. The molecule has 20 heavy (non-hydrogen) atoms. The topological polar surface area (TPSA) is 72.9 Å². The quantitative estimate of drug-likeness (QED) is 0.811. The monoisotopic (exact) mass is 283 g/mol. The van der Waals surface area contributed by atoms with E-state index in [1.54, 1.807) is 14.0 Å². The number of carbonyl (C=O) groups is 2. The second-order valence-electron chi connectivity index (χ2n) is 5.88. The van der Waals surface area contributed by atoms with Gasteiger partial charge in [-0.25, -0.2) is 9.59 Å². The van der Waals surface area contributed by atoms with E-state index in [9.17, 15) is 9.59 Å². The summed E-state index contributed by atoms with van der Waals surface area (Å²) in [7, 11) is 1.56. The van der Waals surface area contributed by atoms with E-state index < -0.39 is 12.0 Å². The lowest BCUT2D eigenvalue weighted by molar-refractivity contribution is -0.141. The zero-order chi connectivity index (χ0) is 14.7. The second kappa shape index (κ2) is 6.43. The third-order valence-electron chi connectivity index (χ3n) is 4.61. The molecule has 3 unspecified atom stereocenters. The standard InChI is InChI=1S/C14H25N3O3/c1-3-12(13(18)19)16(2)14(20)15-10-6-8-17-7-4-5-11(17)9-10/h10-12H,3-9H2,1-2H3,(H,15,20)(H,18,19). The summed E-state index contributed by atoms with van der Waals surface area (Å²) in [5, 5.41) is 12.1. The van der Waals surface area contributed by atoms with Crippen molar-refractivity contribution >= 4 is 12.0 Å². The van der Waals surface area contributed by atoms with Crippen molar-refractivity contribution in [3.63, 3.8) is 0 Å². The van der Waals surface area contributed by atoms with Gasteiger partial charge in [-0.05, 0) is 38.6 Å². The van der Waals surface area contributed by atoms with Crippen LogP contribution in [0.3, 0.4) is 0 Å². The van der Waals surface area contributed by atoms with Crippen LogP contribution in [0.25, 0.3) is 0 Å². The van der Waals surface area contributed by atoms with Gasteiger partial charge in [0.2, 0.25) is 0 Å². The Morgan fingerprint density at radius 2 is 2.15 bits per heavy atom. The van der Waals surface area contributed by atoms with Crippen LogP contribution in [0, 0.1) is 0 Å². The first-order valence-corrected chi connectivity index (χ1v) is 7.53.